The molecule has 2 amide bonds. The lowest BCUT2D eigenvalue weighted by Crippen LogP contribution is -2.45. The van der Waals surface area contributed by atoms with E-state index < -0.39 is 5.97 Å². The minimum absolute atomic E-state index is 0.219. The van der Waals surface area contributed by atoms with Gasteiger partial charge in [-0.15, -0.1) is 0 Å². The lowest BCUT2D eigenvalue weighted by molar-refractivity contribution is -0.137. The van der Waals surface area contributed by atoms with Crippen LogP contribution in [-0.2, 0) is 11.2 Å². The summed E-state index contributed by atoms with van der Waals surface area (Å²) in [6.45, 7) is 0.916. The second-order valence-electron chi connectivity index (χ2n) is 6.00. The van der Waals surface area contributed by atoms with Gasteiger partial charge < -0.3 is 15.3 Å². The summed E-state index contributed by atoms with van der Waals surface area (Å²) in [6, 6.07) is 7.98. The standard InChI is InChI=1S/C16H20N2O3/c19-15(20)10-18(9-11-5-6-11)16(21)17-8-13-7-12-3-1-2-4-14(12)13/h1-4,11,13H,5-10H2,(H,17,21)(H,19,20). The average molecular weight is 288 g/mol. The molecule has 0 heterocycles. The van der Waals surface area contributed by atoms with Crippen LogP contribution in [0.3, 0.4) is 0 Å². The van der Waals surface area contributed by atoms with E-state index in [0.29, 0.717) is 24.9 Å². The highest BCUT2D eigenvalue weighted by atomic mass is 16.4. The van der Waals surface area contributed by atoms with Crippen LogP contribution in [-0.4, -0.2) is 41.6 Å². The molecular formula is C16H20N2O3. The number of amides is 2. The molecule has 5 heteroatoms. The molecule has 0 radical (unpaired) electrons. The molecule has 5 nitrogen and oxygen atoms in total. The summed E-state index contributed by atoms with van der Waals surface area (Å²) in [4.78, 5) is 24.4. The molecule has 1 saturated carbocycles. The van der Waals surface area contributed by atoms with E-state index >= 15 is 0 Å². The Kier molecular flexibility index (Phi) is 3.82. The zero-order valence-electron chi connectivity index (χ0n) is 11.9. The molecule has 1 aromatic carbocycles. The molecule has 2 aliphatic carbocycles. The van der Waals surface area contributed by atoms with Gasteiger partial charge in [0, 0.05) is 19.0 Å². The van der Waals surface area contributed by atoms with E-state index in [1.54, 1.807) is 0 Å². The predicted octanol–water partition coefficient (Wildman–Crippen LogP) is 1.83. The summed E-state index contributed by atoms with van der Waals surface area (Å²) in [6.07, 6.45) is 3.18. The van der Waals surface area contributed by atoms with E-state index in [1.807, 2.05) is 12.1 Å². The fraction of sp³-hybridized carbons (Fsp3) is 0.500. The number of carboxylic acid groups (broad SMARTS) is 1. The number of benzene rings is 1. The van der Waals surface area contributed by atoms with Crippen LogP contribution in [0.5, 0.6) is 0 Å². The van der Waals surface area contributed by atoms with Gasteiger partial charge in [-0.05, 0) is 36.3 Å². The molecule has 21 heavy (non-hydrogen) atoms. The number of hydrogen-bond acceptors (Lipinski definition) is 2. The highest BCUT2D eigenvalue weighted by Gasteiger charge is 2.29. The number of nitrogens with zero attached hydrogens (tertiary/aromatic N) is 1. The van der Waals surface area contributed by atoms with Crippen LogP contribution < -0.4 is 5.32 Å². The zero-order valence-corrected chi connectivity index (χ0v) is 11.9. The topological polar surface area (TPSA) is 69.6 Å². The van der Waals surface area contributed by atoms with Crippen molar-refractivity contribution in [3.63, 3.8) is 0 Å². The van der Waals surface area contributed by atoms with Crippen molar-refractivity contribution in [1.29, 1.82) is 0 Å². The Labute approximate surface area is 123 Å². The summed E-state index contributed by atoms with van der Waals surface area (Å²) in [5.41, 5.74) is 2.64. The van der Waals surface area contributed by atoms with Crippen LogP contribution in [0, 0.1) is 5.92 Å². The van der Waals surface area contributed by atoms with E-state index in [1.165, 1.54) is 16.0 Å². The summed E-state index contributed by atoms with van der Waals surface area (Å²) in [5.74, 6) is -0.114. The molecule has 2 aliphatic rings. The van der Waals surface area contributed by atoms with Gasteiger partial charge in [0.1, 0.15) is 6.54 Å². The molecule has 0 aliphatic heterocycles. The molecule has 0 spiro atoms. The second-order valence-corrected chi connectivity index (χ2v) is 6.00. The first-order chi connectivity index (χ1) is 10.1. The van der Waals surface area contributed by atoms with Crippen molar-refractivity contribution >= 4 is 12.0 Å². The monoisotopic (exact) mass is 288 g/mol. The van der Waals surface area contributed by atoms with E-state index in [9.17, 15) is 9.59 Å². The molecular weight excluding hydrogens is 268 g/mol. The number of carbonyl (C=O) groups excluding carboxylic acids is 1. The highest BCUT2D eigenvalue weighted by Crippen LogP contribution is 2.34. The number of rotatable bonds is 6. The van der Waals surface area contributed by atoms with Gasteiger partial charge >= 0.3 is 12.0 Å². The smallest absolute Gasteiger partial charge is 0.323 e. The van der Waals surface area contributed by atoms with Crippen LogP contribution in [0.4, 0.5) is 4.79 Å². The Morgan fingerprint density at radius 1 is 1.29 bits per heavy atom. The van der Waals surface area contributed by atoms with Gasteiger partial charge in [-0.3, -0.25) is 4.79 Å². The SMILES string of the molecule is O=C(O)CN(CC1CC1)C(=O)NCC1Cc2ccccc21. The average Bonchev–Trinajstić information content (AvgIpc) is 3.22. The third-order valence-electron chi connectivity index (χ3n) is 4.25. The number of aliphatic carboxylic acids is 1. The van der Waals surface area contributed by atoms with Crippen molar-refractivity contribution in [3.8, 4) is 0 Å². The van der Waals surface area contributed by atoms with E-state index in [2.05, 4.69) is 17.4 Å². The molecule has 0 aromatic heterocycles. The zero-order chi connectivity index (χ0) is 14.8. The van der Waals surface area contributed by atoms with Crippen LogP contribution in [0.25, 0.3) is 0 Å². The molecule has 1 atom stereocenters. The van der Waals surface area contributed by atoms with Gasteiger partial charge in [-0.25, -0.2) is 4.79 Å². The molecule has 0 saturated heterocycles. The maximum atomic E-state index is 12.1. The Bertz CT molecular complexity index is 554. The molecule has 3 rings (SSSR count). The molecule has 2 N–H and O–H groups in total. The second kappa shape index (κ2) is 5.76. The third kappa shape index (κ3) is 3.35. The van der Waals surface area contributed by atoms with E-state index in [0.717, 1.165) is 19.3 Å². The number of nitrogens with one attached hydrogen (secondary N) is 1. The number of carboxylic acids is 1. The quantitative estimate of drug-likeness (QED) is 0.839. The Morgan fingerprint density at radius 2 is 2.05 bits per heavy atom. The van der Waals surface area contributed by atoms with Crippen LogP contribution >= 0.6 is 0 Å². The normalized spacial score (nSPS) is 19.3. The molecule has 1 fully saturated rings. The highest BCUT2D eigenvalue weighted by molar-refractivity contribution is 5.80. The van der Waals surface area contributed by atoms with Crippen LogP contribution in [0.1, 0.15) is 29.9 Å². The van der Waals surface area contributed by atoms with Crippen LogP contribution in [0.15, 0.2) is 24.3 Å². The molecule has 0 bridgehead atoms. The lowest BCUT2D eigenvalue weighted by atomic mass is 9.78. The maximum absolute atomic E-state index is 12.1. The minimum atomic E-state index is -0.959. The van der Waals surface area contributed by atoms with Gasteiger partial charge in [-0.1, -0.05) is 24.3 Å². The van der Waals surface area contributed by atoms with Gasteiger partial charge in [0.15, 0.2) is 0 Å². The van der Waals surface area contributed by atoms with Crippen molar-refractivity contribution in [2.24, 2.45) is 5.92 Å². The number of hydrogen-bond donors (Lipinski definition) is 2. The summed E-state index contributed by atoms with van der Waals surface area (Å²) in [7, 11) is 0. The largest absolute Gasteiger partial charge is 0.480 e. The first kappa shape index (κ1) is 13.9. The third-order valence-corrected chi connectivity index (χ3v) is 4.25. The van der Waals surface area contributed by atoms with Crippen molar-refractivity contribution in [2.45, 2.75) is 25.2 Å². The minimum Gasteiger partial charge on any atom is -0.480 e. The first-order valence-corrected chi connectivity index (χ1v) is 7.46. The first-order valence-electron chi connectivity index (χ1n) is 7.46. The van der Waals surface area contributed by atoms with E-state index in [-0.39, 0.29) is 12.6 Å². The Hall–Kier alpha value is -2.04. The van der Waals surface area contributed by atoms with Crippen molar-refractivity contribution in [1.82, 2.24) is 10.2 Å². The van der Waals surface area contributed by atoms with Crippen molar-refractivity contribution < 1.29 is 14.7 Å². The lowest BCUT2D eigenvalue weighted by Gasteiger charge is -2.31. The molecule has 112 valence electrons. The molecule has 1 aromatic rings. The summed E-state index contributed by atoms with van der Waals surface area (Å²) < 4.78 is 0. The van der Waals surface area contributed by atoms with Gasteiger partial charge in [0.2, 0.25) is 0 Å². The molecule has 1 unspecified atom stereocenters. The van der Waals surface area contributed by atoms with Crippen LogP contribution in [0.2, 0.25) is 0 Å². The fourth-order valence-electron chi connectivity index (χ4n) is 2.86. The number of fused-ring (bicyclic) bond motifs is 1. The maximum Gasteiger partial charge on any atom is 0.323 e. The van der Waals surface area contributed by atoms with Gasteiger partial charge in [0.25, 0.3) is 0 Å². The predicted molar refractivity (Wildman–Crippen MR) is 78.2 cm³/mol. The van der Waals surface area contributed by atoms with Gasteiger partial charge in [-0.2, -0.15) is 0 Å². The summed E-state index contributed by atoms with van der Waals surface area (Å²) in [5, 5.41) is 11.8. The Balaban J connectivity index is 1.51. The van der Waals surface area contributed by atoms with Gasteiger partial charge in [0.05, 0.1) is 0 Å². The fourth-order valence-corrected chi connectivity index (χ4v) is 2.86. The summed E-state index contributed by atoms with van der Waals surface area (Å²) >= 11 is 0. The van der Waals surface area contributed by atoms with Crippen molar-refractivity contribution in [3.05, 3.63) is 35.4 Å². The number of carbonyl (C=O) groups is 2. The Morgan fingerprint density at radius 3 is 2.71 bits per heavy atom. The number of urea groups is 1. The van der Waals surface area contributed by atoms with Crippen molar-refractivity contribution in [2.75, 3.05) is 19.6 Å². The van der Waals surface area contributed by atoms with E-state index in [4.69, 9.17) is 5.11 Å².